The van der Waals surface area contributed by atoms with Gasteiger partial charge in [0.25, 0.3) is 5.91 Å². The molecule has 0 radical (unpaired) electrons. The van der Waals surface area contributed by atoms with E-state index in [1.165, 1.54) is 12.1 Å². The molecule has 2 aromatic carbocycles. The SMILES string of the molecule is O=C(Nc1c(Cl)cc(Cl)cc1C(=O)O)c1cccc(Br)c1. The Bertz CT molecular complexity index is 734. The van der Waals surface area contributed by atoms with Gasteiger partial charge in [-0.15, -0.1) is 0 Å². The summed E-state index contributed by atoms with van der Waals surface area (Å²) in [6, 6.07) is 9.28. The van der Waals surface area contributed by atoms with Crippen LogP contribution in [0.15, 0.2) is 40.9 Å². The van der Waals surface area contributed by atoms with E-state index in [0.29, 0.717) is 5.56 Å². The summed E-state index contributed by atoms with van der Waals surface area (Å²) in [5, 5.41) is 11.9. The number of benzene rings is 2. The standard InChI is InChI=1S/C14H8BrCl2NO3/c15-8-3-1-2-7(4-8)13(19)18-12-10(14(20)21)5-9(16)6-11(12)17/h1-6H,(H,18,19)(H,20,21). The van der Waals surface area contributed by atoms with Crippen LogP contribution in [0.1, 0.15) is 20.7 Å². The lowest BCUT2D eigenvalue weighted by molar-refractivity contribution is 0.0698. The van der Waals surface area contributed by atoms with E-state index in [9.17, 15) is 9.59 Å². The maximum Gasteiger partial charge on any atom is 0.337 e. The highest BCUT2D eigenvalue weighted by Gasteiger charge is 2.18. The number of anilines is 1. The van der Waals surface area contributed by atoms with Gasteiger partial charge in [-0.1, -0.05) is 45.2 Å². The minimum absolute atomic E-state index is 0.0125. The molecule has 0 spiro atoms. The van der Waals surface area contributed by atoms with Gasteiger partial charge in [-0.05, 0) is 30.3 Å². The Balaban J connectivity index is 2.39. The molecule has 0 bridgehead atoms. The highest BCUT2D eigenvalue weighted by Crippen LogP contribution is 2.30. The number of aromatic carboxylic acids is 1. The summed E-state index contributed by atoms with van der Waals surface area (Å²) in [5.74, 6) is -1.70. The number of halogens is 3. The number of nitrogens with one attached hydrogen (secondary N) is 1. The fourth-order valence-electron chi connectivity index (χ4n) is 1.68. The number of hydrogen-bond donors (Lipinski definition) is 2. The van der Waals surface area contributed by atoms with Crippen LogP contribution in [-0.4, -0.2) is 17.0 Å². The molecule has 0 saturated carbocycles. The van der Waals surface area contributed by atoms with Gasteiger partial charge in [-0.25, -0.2) is 4.79 Å². The zero-order valence-electron chi connectivity index (χ0n) is 10.4. The maximum absolute atomic E-state index is 12.2. The molecule has 0 atom stereocenters. The predicted octanol–water partition coefficient (Wildman–Crippen LogP) is 4.71. The van der Waals surface area contributed by atoms with Gasteiger partial charge >= 0.3 is 5.97 Å². The molecule has 0 aliphatic heterocycles. The van der Waals surface area contributed by atoms with Crippen molar-refractivity contribution in [1.82, 2.24) is 0 Å². The van der Waals surface area contributed by atoms with E-state index in [2.05, 4.69) is 21.2 Å². The molecule has 0 unspecified atom stereocenters. The zero-order valence-corrected chi connectivity index (χ0v) is 13.5. The monoisotopic (exact) mass is 387 g/mol. The zero-order chi connectivity index (χ0) is 15.6. The smallest absolute Gasteiger partial charge is 0.337 e. The lowest BCUT2D eigenvalue weighted by atomic mass is 10.1. The third kappa shape index (κ3) is 3.75. The molecule has 0 aromatic heterocycles. The van der Waals surface area contributed by atoms with Gasteiger partial charge in [0, 0.05) is 15.1 Å². The van der Waals surface area contributed by atoms with E-state index in [1.807, 2.05) is 0 Å². The van der Waals surface area contributed by atoms with Crippen LogP contribution in [0, 0.1) is 0 Å². The largest absolute Gasteiger partial charge is 0.478 e. The van der Waals surface area contributed by atoms with Crippen molar-refractivity contribution in [1.29, 1.82) is 0 Å². The molecule has 2 aromatic rings. The van der Waals surface area contributed by atoms with Crippen LogP contribution >= 0.6 is 39.1 Å². The Morgan fingerprint density at radius 2 is 1.86 bits per heavy atom. The quantitative estimate of drug-likeness (QED) is 0.800. The van der Waals surface area contributed by atoms with Crippen molar-refractivity contribution in [3.8, 4) is 0 Å². The average Bonchev–Trinajstić information content (AvgIpc) is 2.41. The van der Waals surface area contributed by atoms with E-state index in [1.54, 1.807) is 24.3 Å². The normalized spacial score (nSPS) is 10.2. The van der Waals surface area contributed by atoms with E-state index >= 15 is 0 Å². The molecule has 0 heterocycles. The van der Waals surface area contributed by atoms with Crippen molar-refractivity contribution in [2.75, 3.05) is 5.32 Å². The molecule has 0 fully saturated rings. The van der Waals surface area contributed by atoms with Gasteiger partial charge < -0.3 is 10.4 Å². The molecule has 7 heteroatoms. The third-order valence-corrected chi connectivity index (χ3v) is 3.62. The van der Waals surface area contributed by atoms with Crippen molar-refractivity contribution in [2.24, 2.45) is 0 Å². The predicted molar refractivity (Wildman–Crippen MR) is 85.5 cm³/mol. The van der Waals surface area contributed by atoms with E-state index < -0.39 is 11.9 Å². The molecular formula is C14H8BrCl2NO3. The van der Waals surface area contributed by atoms with Gasteiger partial charge in [0.1, 0.15) is 0 Å². The minimum Gasteiger partial charge on any atom is -0.478 e. The number of carboxylic acid groups (broad SMARTS) is 1. The van der Waals surface area contributed by atoms with Crippen molar-refractivity contribution in [3.05, 3.63) is 62.0 Å². The molecule has 2 N–H and O–H groups in total. The van der Waals surface area contributed by atoms with E-state index in [0.717, 1.165) is 4.47 Å². The molecule has 108 valence electrons. The first-order valence-corrected chi connectivity index (χ1v) is 7.22. The number of rotatable bonds is 3. The van der Waals surface area contributed by atoms with Crippen LogP contribution < -0.4 is 5.32 Å². The van der Waals surface area contributed by atoms with Crippen molar-refractivity contribution >= 4 is 56.7 Å². The van der Waals surface area contributed by atoms with Crippen LogP contribution in [-0.2, 0) is 0 Å². The second-order valence-electron chi connectivity index (χ2n) is 4.08. The van der Waals surface area contributed by atoms with Crippen LogP contribution in [0.2, 0.25) is 10.0 Å². The van der Waals surface area contributed by atoms with Crippen LogP contribution in [0.4, 0.5) is 5.69 Å². The number of carbonyl (C=O) groups excluding carboxylic acids is 1. The van der Waals surface area contributed by atoms with Gasteiger partial charge in [-0.2, -0.15) is 0 Å². The summed E-state index contributed by atoms with van der Waals surface area (Å²) in [6.07, 6.45) is 0. The van der Waals surface area contributed by atoms with Gasteiger partial charge in [-0.3, -0.25) is 4.79 Å². The summed E-state index contributed by atoms with van der Waals surface area (Å²) >= 11 is 15.0. The third-order valence-electron chi connectivity index (χ3n) is 2.61. The Kier molecular flexibility index (Phi) is 4.88. The number of carboxylic acids is 1. The number of amides is 1. The molecule has 0 saturated heterocycles. The van der Waals surface area contributed by atoms with Crippen LogP contribution in [0.5, 0.6) is 0 Å². The lowest BCUT2D eigenvalue weighted by Crippen LogP contribution is -2.15. The molecule has 21 heavy (non-hydrogen) atoms. The number of carbonyl (C=O) groups is 2. The Morgan fingerprint density at radius 3 is 2.48 bits per heavy atom. The van der Waals surface area contributed by atoms with Crippen molar-refractivity contribution in [3.63, 3.8) is 0 Å². The highest BCUT2D eigenvalue weighted by molar-refractivity contribution is 9.10. The summed E-state index contributed by atoms with van der Waals surface area (Å²) in [4.78, 5) is 23.4. The summed E-state index contributed by atoms with van der Waals surface area (Å²) in [5.41, 5.74) is 0.209. The first-order valence-electron chi connectivity index (χ1n) is 5.67. The minimum atomic E-state index is -1.23. The van der Waals surface area contributed by atoms with Gasteiger partial charge in [0.2, 0.25) is 0 Å². The van der Waals surface area contributed by atoms with Gasteiger partial charge in [0.05, 0.1) is 16.3 Å². The molecule has 0 aliphatic carbocycles. The number of hydrogen-bond acceptors (Lipinski definition) is 2. The topological polar surface area (TPSA) is 66.4 Å². The van der Waals surface area contributed by atoms with Crippen molar-refractivity contribution < 1.29 is 14.7 Å². The second-order valence-corrected chi connectivity index (χ2v) is 5.84. The van der Waals surface area contributed by atoms with E-state index in [-0.39, 0.29) is 21.3 Å². The molecule has 4 nitrogen and oxygen atoms in total. The highest BCUT2D eigenvalue weighted by atomic mass is 79.9. The van der Waals surface area contributed by atoms with Crippen LogP contribution in [0.25, 0.3) is 0 Å². The van der Waals surface area contributed by atoms with E-state index in [4.69, 9.17) is 28.3 Å². The molecular weight excluding hydrogens is 381 g/mol. The first kappa shape index (κ1) is 15.8. The molecule has 2 rings (SSSR count). The van der Waals surface area contributed by atoms with Crippen LogP contribution in [0.3, 0.4) is 0 Å². The van der Waals surface area contributed by atoms with Crippen molar-refractivity contribution in [2.45, 2.75) is 0 Å². The second kappa shape index (κ2) is 6.47. The summed E-state index contributed by atoms with van der Waals surface area (Å²) in [6.45, 7) is 0. The summed E-state index contributed by atoms with van der Waals surface area (Å²) < 4.78 is 0.732. The Hall–Kier alpha value is -1.56. The summed E-state index contributed by atoms with van der Waals surface area (Å²) in [7, 11) is 0. The average molecular weight is 389 g/mol. The maximum atomic E-state index is 12.2. The fraction of sp³-hybridized carbons (Fsp3) is 0. The lowest BCUT2D eigenvalue weighted by Gasteiger charge is -2.11. The Morgan fingerprint density at radius 1 is 1.14 bits per heavy atom. The fourth-order valence-corrected chi connectivity index (χ4v) is 2.62. The first-order chi connectivity index (χ1) is 9.88. The Labute approximate surface area is 138 Å². The molecule has 1 amide bonds. The van der Waals surface area contributed by atoms with Gasteiger partial charge in [0.15, 0.2) is 0 Å². The molecule has 0 aliphatic rings.